The largest absolute Gasteiger partial charge is 0.491 e. The van der Waals surface area contributed by atoms with E-state index in [4.69, 9.17) is 14.6 Å². The summed E-state index contributed by atoms with van der Waals surface area (Å²) in [6.07, 6.45) is 4.10. The molecule has 7 heteroatoms. The third-order valence-corrected chi connectivity index (χ3v) is 4.09. The molecule has 0 aliphatic carbocycles. The van der Waals surface area contributed by atoms with E-state index in [1.807, 2.05) is 0 Å². The van der Waals surface area contributed by atoms with Gasteiger partial charge >= 0.3 is 0 Å². The Kier molecular flexibility index (Phi) is 4.95. The van der Waals surface area contributed by atoms with Crippen molar-refractivity contribution >= 4 is 10.0 Å². The number of hydrogen-bond acceptors (Lipinski definition) is 4. The molecular weight excluding hydrogens is 285 g/mol. The third kappa shape index (κ3) is 4.16. The van der Waals surface area contributed by atoms with Gasteiger partial charge in [-0.05, 0) is 43.9 Å². The molecule has 1 aliphatic rings. The number of rotatable bonds is 6. The Morgan fingerprint density at radius 3 is 2.85 bits per heavy atom. The molecule has 1 aliphatic heterocycles. The van der Waals surface area contributed by atoms with E-state index in [1.54, 1.807) is 0 Å². The molecule has 0 bridgehead atoms. The van der Waals surface area contributed by atoms with Crippen LogP contribution in [0.5, 0.6) is 5.75 Å². The average molecular weight is 303 g/mol. The van der Waals surface area contributed by atoms with Crippen LogP contribution in [-0.2, 0) is 14.8 Å². The van der Waals surface area contributed by atoms with Gasteiger partial charge in [-0.3, -0.25) is 0 Å². The summed E-state index contributed by atoms with van der Waals surface area (Å²) in [6.45, 7) is 1.18. The third-order valence-electron chi connectivity index (χ3n) is 3.18. The summed E-state index contributed by atoms with van der Waals surface area (Å²) in [6, 6.07) is 3.37. The van der Waals surface area contributed by atoms with Gasteiger partial charge in [0.15, 0.2) is 11.6 Å². The molecule has 0 radical (unpaired) electrons. The van der Waals surface area contributed by atoms with E-state index in [0.29, 0.717) is 6.61 Å². The lowest BCUT2D eigenvalue weighted by Gasteiger charge is -2.11. The normalized spacial score (nSPS) is 19.2. The minimum absolute atomic E-state index is 0.0322. The zero-order chi connectivity index (χ0) is 14.6. The minimum atomic E-state index is -3.89. The molecule has 0 amide bonds. The molecule has 1 heterocycles. The van der Waals surface area contributed by atoms with E-state index in [-0.39, 0.29) is 16.7 Å². The molecule has 2 rings (SSSR count). The van der Waals surface area contributed by atoms with Gasteiger partial charge in [-0.2, -0.15) is 0 Å². The molecule has 0 aromatic heterocycles. The topological polar surface area (TPSA) is 78.6 Å². The Hall–Kier alpha value is -1.18. The maximum atomic E-state index is 13.6. The van der Waals surface area contributed by atoms with E-state index in [9.17, 15) is 12.8 Å². The molecule has 1 aromatic carbocycles. The molecule has 1 atom stereocenters. The predicted octanol–water partition coefficient (Wildman–Crippen LogP) is 1.81. The fraction of sp³-hybridized carbons (Fsp3) is 0.538. The molecule has 0 saturated carbocycles. The highest BCUT2D eigenvalue weighted by atomic mass is 32.2. The fourth-order valence-corrected chi connectivity index (χ4v) is 2.67. The lowest BCUT2D eigenvalue weighted by Crippen LogP contribution is -2.12. The zero-order valence-electron chi connectivity index (χ0n) is 11.0. The maximum absolute atomic E-state index is 13.6. The Labute approximate surface area is 117 Å². The van der Waals surface area contributed by atoms with Crippen molar-refractivity contribution in [1.82, 2.24) is 0 Å². The van der Waals surface area contributed by atoms with Crippen molar-refractivity contribution in [2.45, 2.75) is 36.7 Å². The molecular formula is C13H18FNO4S. The maximum Gasteiger partial charge on any atom is 0.238 e. The van der Waals surface area contributed by atoms with Crippen LogP contribution in [0.15, 0.2) is 23.1 Å². The standard InChI is InChI=1S/C13H18FNO4S/c14-12-9-11(20(15,16)17)5-6-13(12)19-8-2-4-10-3-1-7-18-10/h5-6,9-10H,1-4,7-8H2,(H2,15,16,17). The van der Waals surface area contributed by atoms with E-state index >= 15 is 0 Å². The Morgan fingerprint density at radius 2 is 2.25 bits per heavy atom. The lowest BCUT2D eigenvalue weighted by atomic mass is 10.1. The van der Waals surface area contributed by atoms with Gasteiger partial charge in [0.25, 0.3) is 0 Å². The number of primary sulfonamides is 1. The molecule has 1 aromatic rings. The first-order chi connectivity index (χ1) is 9.47. The second-order valence-corrected chi connectivity index (χ2v) is 6.32. The van der Waals surface area contributed by atoms with Gasteiger partial charge in [0.1, 0.15) is 0 Å². The molecule has 1 saturated heterocycles. The summed E-state index contributed by atoms with van der Waals surface area (Å²) in [7, 11) is -3.89. The van der Waals surface area contributed by atoms with Crippen molar-refractivity contribution in [1.29, 1.82) is 0 Å². The van der Waals surface area contributed by atoms with Crippen LogP contribution >= 0.6 is 0 Å². The number of halogens is 1. The second-order valence-electron chi connectivity index (χ2n) is 4.76. The fourth-order valence-electron chi connectivity index (χ4n) is 2.14. The number of nitrogens with two attached hydrogens (primary N) is 1. The number of sulfonamides is 1. The van der Waals surface area contributed by atoms with E-state index in [0.717, 1.165) is 38.4 Å². The van der Waals surface area contributed by atoms with Gasteiger partial charge in [-0.25, -0.2) is 17.9 Å². The molecule has 112 valence electrons. The van der Waals surface area contributed by atoms with Crippen molar-refractivity contribution in [2.75, 3.05) is 13.2 Å². The van der Waals surface area contributed by atoms with Crippen LogP contribution in [0.2, 0.25) is 0 Å². The molecule has 2 N–H and O–H groups in total. The van der Waals surface area contributed by atoms with Crippen molar-refractivity contribution in [3.8, 4) is 5.75 Å². The first-order valence-electron chi connectivity index (χ1n) is 6.53. The van der Waals surface area contributed by atoms with Crippen molar-refractivity contribution in [3.63, 3.8) is 0 Å². The van der Waals surface area contributed by atoms with Crippen molar-refractivity contribution < 1.29 is 22.3 Å². The Morgan fingerprint density at radius 1 is 1.45 bits per heavy atom. The second kappa shape index (κ2) is 6.51. The molecule has 20 heavy (non-hydrogen) atoms. The quantitative estimate of drug-likeness (QED) is 0.813. The molecule has 1 unspecified atom stereocenters. The van der Waals surface area contributed by atoms with Gasteiger partial charge < -0.3 is 9.47 Å². The first-order valence-corrected chi connectivity index (χ1v) is 8.08. The number of ether oxygens (including phenoxy) is 2. The van der Waals surface area contributed by atoms with Crippen LogP contribution in [-0.4, -0.2) is 27.7 Å². The lowest BCUT2D eigenvalue weighted by molar-refractivity contribution is 0.0979. The van der Waals surface area contributed by atoms with Gasteiger partial charge in [-0.1, -0.05) is 0 Å². The summed E-state index contributed by atoms with van der Waals surface area (Å²) in [5.41, 5.74) is 0. The van der Waals surface area contributed by atoms with Crippen LogP contribution in [0.25, 0.3) is 0 Å². The van der Waals surface area contributed by atoms with Crippen molar-refractivity contribution in [3.05, 3.63) is 24.0 Å². The Bertz CT molecular complexity index is 555. The Balaban J connectivity index is 1.83. The summed E-state index contributed by atoms with van der Waals surface area (Å²) < 4.78 is 46.5. The summed E-state index contributed by atoms with van der Waals surface area (Å²) in [5.74, 6) is -0.696. The summed E-state index contributed by atoms with van der Waals surface area (Å²) in [4.78, 5) is -0.262. The van der Waals surface area contributed by atoms with Crippen LogP contribution in [0, 0.1) is 5.82 Å². The predicted molar refractivity (Wildman–Crippen MR) is 71.5 cm³/mol. The highest BCUT2D eigenvalue weighted by molar-refractivity contribution is 7.89. The molecule has 5 nitrogen and oxygen atoms in total. The summed E-state index contributed by atoms with van der Waals surface area (Å²) in [5, 5.41) is 4.92. The van der Waals surface area contributed by atoms with E-state index in [1.165, 1.54) is 12.1 Å². The zero-order valence-corrected chi connectivity index (χ0v) is 11.9. The molecule has 1 fully saturated rings. The van der Waals surface area contributed by atoms with Crippen molar-refractivity contribution in [2.24, 2.45) is 5.14 Å². The summed E-state index contributed by atoms with van der Waals surface area (Å²) >= 11 is 0. The van der Waals surface area contributed by atoms with E-state index in [2.05, 4.69) is 0 Å². The highest BCUT2D eigenvalue weighted by Gasteiger charge is 2.15. The van der Waals surface area contributed by atoms with Gasteiger partial charge in [0.2, 0.25) is 10.0 Å². The smallest absolute Gasteiger partial charge is 0.238 e. The van der Waals surface area contributed by atoms with Gasteiger partial charge in [0, 0.05) is 6.61 Å². The first kappa shape index (κ1) is 15.2. The van der Waals surface area contributed by atoms with Crippen LogP contribution in [0.4, 0.5) is 4.39 Å². The van der Waals surface area contributed by atoms with Gasteiger partial charge in [0.05, 0.1) is 17.6 Å². The highest BCUT2D eigenvalue weighted by Crippen LogP contribution is 2.21. The average Bonchev–Trinajstić information content (AvgIpc) is 2.88. The van der Waals surface area contributed by atoms with Gasteiger partial charge in [-0.15, -0.1) is 0 Å². The van der Waals surface area contributed by atoms with Crippen LogP contribution in [0.3, 0.4) is 0 Å². The number of benzene rings is 1. The molecule has 0 spiro atoms. The number of hydrogen-bond donors (Lipinski definition) is 1. The SMILES string of the molecule is NS(=O)(=O)c1ccc(OCCCC2CCCO2)c(F)c1. The van der Waals surface area contributed by atoms with E-state index < -0.39 is 15.8 Å². The van der Waals surface area contributed by atoms with Crippen LogP contribution < -0.4 is 9.88 Å². The van der Waals surface area contributed by atoms with Crippen LogP contribution in [0.1, 0.15) is 25.7 Å². The minimum Gasteiger partial charge on any atom is -0.491 e. The monoisotopic (exact) mass is 303 g/mol.